The maximum atomic E-state index is 6.64. The highest BCUT2D eigenvalue weighted by atomic mass is 32.1. The second kappa shape index (κ2) is 7.84. The van der Waals surface area contributed by atoms with Gasteiger partial charge in [0.2, 0.25) is 0 Å². The van der Waals surface area contributed by atoms with Crippen molar-refractivity contribution < 1.29 is 18.9 Å². The SMILES string of the molecule is CCOc1ccc(C2=Cc3cc(OC)c(OC)cc3C(C)(c3cccs3)O2)cc1. The molecule has 0 fully saturated rings. The van der Waals surface area contributed by atoms with Gasteiger partial charge in [0.15, 0.2) is 17.1 Å². The van der Waals surface area contributed by atoms with E-state index in [1.54, 1.807) is 25.6 Å². The minimum atomic E-state index is -0.633. The standard InChI is InChI=1S/C24H24O4S/c1-5-27-18-10-8-16(9-11-18)20-13-17-14-21(25-3)22(26-4)15-19(17)24(2,28-20)23-7-6-12-29-23/h6-15H,5H2,1-4H3. The van der Waals surface area contributed by atoms with Crippen molar-refractivity contribution in [3.05, 3.63) is 75.5 Å². The van der Waals surface area contributed by atoms with Crippen molar-refractivity contribution in [2.45, 2.75) is 19.4 Å². The van der Waals surface area contributed by atoms with E-state index in [9.17, 15) is 0 Å². The van der Waals surface area contributed by atoms with Crippen LogP contribution in [0.15, 0.2) is 53.9 Å². The van der Waals surface area contributed by atoms with Crippen LogP contribution in [-0.4, -0.2) is 20.8 Å². The van der Waals surface area contributed by atoms with Gasteiger partial charge >= 0.3 is 0 Å². The number of fused-ring (bicyclic) bond motifs is 1. The van der Waals surface area contributed by atoms with Gasteiger partial charge in [-0.25, -0.2) is 0 Å². The predicted molar refractivity (Wildman–Crippen MR) is 117 cm³/mol. The molecule has 0 saturated heterocycles. The summed E-state index contributed by atoms with van der Waals surface area (Å²) in [5.41, 5.74) is 2.46. The van der Waals surface area contributed by atoms with Crippen LogP contribution in [-0.2, 0) is 10.3 Å². The van der Waals surface area contributed by atoms with E-state index >= 15 is 0 Å². The Balaban J connectivity index is 1.86. The van der Waals surface area contributed by atoms with Gasteiger partial charge in [-0.2, -0.15) is 0 Å². The van der Waals surface area contributed by atoms with Crippen molar-refractivity contribution in [2.75, 3.05) is 20.8 Å². The lowest BCUT2D eigenvalue weighted by molar-refractivity contribution is 0.0986. The Labute approximate surface area is 175 Å². The topological polar surface area (TPSA) is 36.9 Å². The van der Waals surface area contributed by atoms with Crippen molar-refractivity contribution in [3.63, 3.8) is 0 Å². The van der Waals surface area contributed by atoms with Gasteiger partial charge in [-0.1, -0.05) is 6.07 Å². The molecule has 4 nitrogen and oxygen atoms in total. The molecule has 4 rings (SSSR count). The molecular weight excluding hydrogens is 384 g/mol. The molecule has 1 atom stereocenters. The van der Waals surface area contributed by atoms with E-state index in [4.69, 9.17) is 18.9 Å². The average Bonchev–Trinajstić information content (AvgIpc) is 3.29. The van der Waals surface area contributed by atoms with Crippen LogP contribution in [0.3, 0.4) is 0 Å². The van der Waals surface area contributed by atoms with Crippen LogP contribution in [0.5, 0.6) is 17.2 Å². The summed E-state index contributed by atoms with van der Waals surface area (Å²) in [5, 5.41) is 2.07. The minimum absolute atomic E-state index is 0.633. The van der Waals surface area contributed by atoms with Gasteiger partial charge in [0.05, 0.1) is 25.7 Å². The monoisotopic (exact) mass is 408 g/mol. The lowest BCUT2D eigenvalue weighted by atomic mass is 9.86. The third-order valence-corrected chi connectivity index (χ3v) is 6.18. The average molecular weight is 409 g/mol. The van der Waals surface area contributed by atoms with Crippen LogP contribution >= 0.6 is 11.3 Å². The van der Waals surface area contributed by atoms with Crippen LogP contribution in [0.2, 0.25) is 0 Å². The molecule has 0 bridgehead atoms. The Kier molecular flexibility index (Phi) is 5.24. The molecule has 3 aromatic rings. The number of hydrogen-bond donors (Lipinski definition) is 0. The first-order valence-electron chi connectivity index (χ1n) is 9.53. The zero-order chi connectivity index (χ0) is 20.4. The van der Waals surface area contributed by atoms with Gasteiger partial charge in [-0.15, -0.1) is 11.3 Å². The molecule has 0 amide bonds. The summed E-state index contributed by atoms with van der Waals surface area (Å²) in [6, 6.07) is 16.2. The van der Waals surface area contributed by atoms with E-state index in [0.717, 1.165) is 33.1 Å². The molecule has 2 heterocycles. The van der Waals surface area contributed by atoms with Crippen molar-refractivity contribution >= 4 is 23.2 Å². The van der Waals surface area contributed by atoms with Crippen molar-refractivity contribution in [1.29, 1.82) is 0 Å². The fourth-order valence-corrected chi connectivity index (χ4v) is 4.47. The maximum Gasteiger partial charge on any atom is 0.166 e. The molecule has 0 spiro atoms. The van der Waals surface area contributed by atoms with Gasteiger partial charge in [-0.05, 0) is 73.3 Å². The molecule has 0 saturated carbocycles. The van der Waals surface area contributed by atoms with E-state index in [-0.39, 0.29) is 0 Å². The van der Waals surface area contributed by atoms with Crippen LogP contribution < -0.4 is 14.2 Å². The molecule has 0 aliphatic carbocycles. The molecule has 29 heavy (non-hydrogen) atoms. The minimum Gasteiger partial charge on any atom is -0.494 e. The first-order chi connectivity index (χ1) is 14.1. The lowest BCUT2D eigenvalue weighted by Crippen LogP contribution is -2.29. The molecular formula is C24H24O4S. The van der Waals surface area contributed by atoms with Gasteiger partial charge in [-0.3, -0.25) is 0 Å². The predicted octanol–water partition coefficient (Wildman–Crippen LogP) is 5.96. The Morgan fingerprint density at radius 3 is 2.34 bits per heavy atom. The molecule has 0 N–H and O–H groups in total. The number of ether oxygens (including phenoxy) is 4. The quantitative estimate of drug-likeness (QED) is 0.505. The van der Waals surface area contributed by atoms with E-state index in [1.165, 1.54) is 0 Å². The van der Waals surface area contributed by atoms with Crippen molar-refractivity contribution in [2.24, 2.45) is 0 Å². The van der Waals surface area contributed by atoms with E-state index in [0.29, 0.717) is 18.1 Å². The fourth-order valence-electron chi connectivity index (χ4n) is 3.63. The number of hydrogen-bond acceptors (Lipinski definition) is 5. The number of rotatable bonds is 6. The highest BCUT2D eigenvalue weighted by Gasteiger charge is 2.39. The van der Waals surface area contributed by atoms with E-state index < -0.39 is 5.60 Å². The van der Waals surface area contributed by atoms with Gasteiger partial charge < -0.3 is 18.9 Å². The van der Waals surface area contributed by atoms with Crippen LogP contribution in [0.1, 0.15) is 35.4 Å². The zero-order valence-corrected chi connectivity index (χ0v) is 17.8. The third-order valence-electron chi connectivity index (χ3n) is 5.11. The molecule has 0 radical (unpaired) electrons. The molecule has 1 aliphatic heterocycles. The highest BCUT2D eigenvalue weighted by molar-refractivity contribution is 7.10. The Bertz CT molecular complexity index is 1020. The molecule has 5 heteroatoms. The summed E-state index contributed by atoms with van der Waals surface area (Å²) in [6.45, 7) is 4.72. The number of methoxy groups -OCH3 is 2. The smallest absolute Gasteiger partial charge is 0.166 e. The molecule has 1 aliphatic rings. The number of benzene rings is 2. The molecule has 1 aromatic heterocycles. The van der Waals surface area contributed by atoms with E-state index in [1.807, 2.05) is 49.4 Å². The second-order valence-electron chi connectivity index (χ2n) is 6.87. The Morgan fingerprint density at radius 1 is 1.00 bits per heavy atom. The van der Waals surface area contributed by atoms with Crippen LogP contribution in [0.25, 0.3) is 11.8 Å². The first-order valence-corrected chi connectivity index (χ1v) is 10.4. The van der Waals surface area contributed by atoms with Crippen molar-refractivity contribution in [3.8, 4) is 17.2 Å². The summed E-state index contributed by atoms with van der Waals surface area (Å²) in [5.74, 6) is 3.05. The second-order valence-corrected chi connectivity index (χ2v) is 7.82. The first kappa shape index (κ1) is 19.4. The van der Waals surface area contributed by atoms with E-state index in [2.05, 4.69) is 24.4 Å². The molecule has 2 aromatic carbocycles. The molecule has 150 valence electrons. The summed E-state index contributed by atoms with van der Waals surface area (Å²) >= 11 is 1.68. The van der Waals surface area contributed by atoms with Crippen molar-refractivity contribution in [1.82, 2.24) is 0 Å². The lowest BCUT2D eigenvalue weighted by Gasteiger charge is -2.36. The summed E-state index contributed by atoms with van der Waals surface area (Å²) in [4.78, 5) is 1.13. The number of thiophene rings is 1. The van der Waals surface area contributed by atoms with Gasteiger partial charge in [0.1, 0.15) is 11.5 Å². The highest BCUT2D eigenvalue weighted by Crippen LogP contribution is 2.48. The van der Waals surface area contributed by atoms with Crippen LogP contribution in [0, 0.1) is 0 Å². The zero-order valence-electron chi connectivity index (χ0n) is 17.0. The van der Waals surface area contributed by atoms with Crippen LogP contribution in [0.4, 0.5) is 0 Å². The normalized spacial score (nSPS) is 17.7. The molecule has 1 unspecified atom stereocenters. The summed E-state index contributed by atoms with van der Waals surface area (Å²) in [7, 11) is 3.30. The maximum absolute atomic E-state index is 6.64. The Morgan fingerprint density at radius 2 is 1.72 bits per heavy atom. The fraction of sp³-hybridized carbons (Fsp3) is 0.250. The third kappa shape index (κ3) is 3.47. The largest absolute Gasteiger partial charge is 0.494 e. The summed E-state index contributed by atoms with van der Waals surface area (Å²) in [6.07, 6.45) is 2.06. The summed E-state index contributed by atoms with van der Waals surface area (Å²) < 4.78 is 23.3. The van der Waals surface area contributed by atoms with Gasteiger partial charge in [0, 0.05) is 11.1 Å². The Hall–Kier alpha value is -2.92. The van der Waals surface area contributed by atoms with Gasteiger partial charge in [0.25, 0.3) is 0 Å².